The van der Waals surface area contributed by atoms with Gasteiger partial charge in [-0.15, -0.1) is 0 Å². The Hall–Kier alpha value is -0.540. The van der Waals surface area contributed by atoms with Crippen LogP contribution in [-0.4, -0.2) is 19.6 Å². The molecule has 0 amide bonds. The molecule has 16 heavy (non-hydrogen) atoms. The van der Waals surface area contributed by atoms with E-state index in [1.54, 1.807) is 0 Å². The lowest BCUT2D eigenvalue weighted by Crippen LogP contribution is -2.29. The summed E-state index contributed by atoms with van der Waals surface area (Å²) in [6, 6.07) is 6.65. The Bertz CT molecular complexity index is 346. The maximum absolute atomic E-state index is 5.58. The largest absolute Gasteiger partial charge is 0.372 e. The first-order valence-corrected chi connectivity index (χ1v) is 6.84. The van der Waals surface area contributed by atoms with Gasteiger partial charge in [-0.25, -0.2) is 0 Å². The first-order chi connectivity index (χ1) is 7.81. The molecular weight excluding hydrogens is 264 g/mol. The summed E-state index contributed by atoms with van der Waals surface area (Å²) in [5, 5.41) is 0. The Balaban J connectivity index is 2.13. The van der Waals surface area contributed by atoms with Crippen LogP contribution < -0.4 is 10.6 Å². The van der Waals surface area contributed by atoms with Crippen molar-refractivity contribution in [2.45, 2.75) is 25.7 Å². The average Bonchev–Trinajstić information content (AvgIpc) is 2.33. The molecule has 3 heteroatoms. The Kier molecular flexibility index (Phi) is 4.24. The number of hydrogen-bond acceptors (Lipinski definition) is 2. The Morgan fingerprint density at radius 1 is 1.19 bits per heavy atom. The fourth-order valence-corrected chi connectivity index (χ4v) is 2.81. The molecule has 0 radical (unpaired) electrons. The molecule has 0 bridgehead atoms. The van der Waals surface area contributed by atoms with E-state index >= 15 is 0 Å². The van der Waals surface area contributed by atoms with Gasteiger partial charge in [0.15, 0.2) is 0 Å². The highest BCUT2D eigenvalue weighted by Crippen LogP contribution is 2.26. The van der Waals surface area contributed by atoms with Crippen molar-refractivity contribution in [1.29, 1.82) is 0 Å². The van der Waals surface area contributed by atoms with E-state index in [0.717, 1.165) is 6.42 Å². The van der Waals surface area contributed by atoms with Crippen LogP contribution in [0, 0.1) is 0 Å². The molecule has 0 aliphatic carbocycles. The highest BCUT2D eigenvalue weighted by atomic mass is 79.9. The third-order valence-electron chi connectivity index (χ3n) is 3.17. The van der Waals surface area contributed by atoms with Crippen LogP contribution >= 0.6 is 15.9 Å². The molecule has 0 aromatic heterocycles. The van der Waals surface area contributed by atoms with Crippen molar-refractivity contribution in [3.8, 4) is 0 Å². The second-order valence-corrected chi connectivity index (χ2v) is 5.22. The molecule has 2 N–H and O–H groups in total. The fourth-order valence-electron chi connectivity index (χ4n) is 2.24. The van der Waals surface area contributed by atoms with E-state index in [-0.39, 0.29) is 0 Å². The van der Waals surface area contributed by atoms with Crippen LogP contribution in [0.5, 0.6) is 0 Å². The first kappa shape index (κ1) is 11.9. The second kappa shape index (κ2) is 5.69. The predicted octanol–water partition coefficient (Wildman–Crippen LogP) is 2.94. The SMILES string of the molecule is NCCc1ccc(N2CCCCC2)cc1Br. The van der Waals surface area contributed by atoms with Crippen LogP contribution in [-0.2, 0) is 6.42 Å². The van der Waals surface area contributed by atoms with Gasteiger partial charge in [0.25, 0.3) is 0 Å². The van der Waals surface area contributed by atoms with Gasteiger partial charge < -0.3 is 10.6 Å². The van der Waals surface area contributed by atoms with Crippen molar-refractivity contribution >= 4 is 21.6 Å². The number of nitrogens with two attached hydrogens (primary N) is 1. The van der Waals surface area contributed by atoms with Gasteiger partial charge in [-0.1, -0.05) is 22.0 Å². The van der Waals surface area contributed by atoms with Crippen molar-refractivity contribution < 1.29 is 0 Å². The number of halogens is 1. The number of nitrogens with zero attached hydrogens (tertiary/aromatic N) is 1. The molecule has 0 saturated carbocycles. The van der Waals surface area contributed by atoms with Gasteiger partial charge in [0.1, 0.15) is 0 Å². The average molecular weight is 283 g/mol. The van der Waals surface area contributed by atoms with E-state index in [1.165, 1.54) is 48.1 Å². The Morgan fingerprint density at radius 3 is 2.56 bits per heavy atom. The molecule has 0 unspecified atom stereocenters. The molecule has 1 aliphatic heterocycles. The van der Waals surface area contributed by atoms with Crippen molar-refractivity contribution in [3.63, 3.8) is 0 Å². The van der Waals surface area contributed by atoms with Crippen molar-refractivity contribution in [2.75, 3.05) is 24.5 Å². The second-order valence-electron chi connectivity index (χ2n) is 4.36. The van der Waals surface area contributed by atoms with Crippen LogP contribution in [0.15, 0.2) is 22.7 Å². The lowest BCUT2D eigenvalue weighted by molar-refractivity contribution is 0.578. The maximum Gasteiger partial charge on any atom is 0.0377 e. The van der Waals surface area contributed by atoms with Crippen LogP contribution in [0.25, 0.3) is 0 Å². The van der Waals surface area contributed by atoms with E-state index < -0.39 is 0 Å². The Morgan fingerprint density at radius 2 is 1.94 bits per heavy atom. The van der Waals surface area contributed by atoms with Crippen LogP contribution in [0.1, 0.15) is 24.8 Å². The summed E-state index contributed by atoms with van der Waals surface area (Å²) in [7, 11) is 0. The van der Waals surface area contributed by atoms with Crippen LogP contribution in [0.2, 0.25) is 0 Å². The zero-order valence-electron chi connectivity index (χ0n) is 9.58. The molecule has 0 spiro atoms. The maximum atomic E-state index is 5.58. The number of piperidine rings is 1. The van der Waals surface area contributed by atoms with Crippen molar-refractivity contribution in [2.24, 2.45) is 5.73 Å². The summed E-state index contributed by atoms with van der Waals surface area (Å²) >= 11 is 3.63. The summed E-state index contributed by atoms with van der Waals surface area (Å²) in [4.78, 5) is 2.47. The molecule has 0 atom stereocenters. The molecular formula is C13H19BrN2. The summed E-state index contributed by atoms with van der Waals surface area (Å²) in [5.74, 6) is 0. The topological polar surface area (TPSA) is 29.3 Å². The minimum absolute atomic E-state index is 0.710. The monoisotopic (exact) mass is 282 g/mol. The smallest absolute Gasteiger partial charge is 0.0377 e. The van der Waals surface area contributed by atoms with Crippen molar-refractivity contribution in [1.82, 2.24) is 0 Å². The molecule has 1 aromatic rings. The minimum atomic E-state index is 0.710. The van der Waals surface area contributed by atoms with Crippen LogP contribution in [0.4, 0.5) is 5.69 Å². The molecule has 1 fully saturated rings. The number of rotatable bonds is 3. The van der Waals surface area contributed by atoms with E-state index in [2.05, 4.69) is 39.0 Å². The van der Waals surface area contributed by atoms with Gasteiger partial charge in [-0.2, -0.15) is 0 Å². The number of benzene rings is 1. The van der Waals surface area contributed by atoms with Gasteiger partial charge in [0.2, 0.25) is 0 Å². The molecule has 1 heterocycles. The van der Waals surface area contributed by atoms with Crippen LogP contribution in [0.3, 0.4) is 0 Å². The molecule has 88 valence electrons. The molecule has 1 aromatic carbocycles. The summed E-state index contributed by atoms with van der Waals surface area (Å²) in [6.07, 6.45) is 4.97. The molecule has 1 saturated heterocycles. The first-order valence-electron chi connectivity index (χ1n) is 6.04. The zero-order valence-corrected chi connectivity index (χ0v) is 11.2. The standard InChI is InChI=1S/C13H19BrN2/c14-13-10-12(5-4-11(13)6-7-15)16-8-2-1-3-9-16/h4-5,10H,1-3,6-9,15H2. The molecule has 2 nitrogen and oxygen atoms in total. The van der Waals surface area contributed by atoms with E-state index in [1.807, 2.05) is 0 Å². The zero-order chi connectivity index (χ0) is 11.4. The van der Waals surface area contributed by atoms with Crippen molar-refractivity contribution in [3.05, 3.63) is 28.2 Å². The molecule has 1 aliphatic rings. The summed E-state index contributed by atoms with van der Waals surface area (Å²) < 4.78 is 1.20. The van der Waals surface area contributed by atoms with Gasteiger partial charge in [0.05, 0.1) is 0 Å². The lowest BCUT2D eigenvalue weighted by Gasteiger charge is -2.29. The third kappa shape index (κ3) is 2.77. The fraction of sp³-hybridized carbons (Fsp3) is 0.538. The van der Waals surface area contributed by atoms with Gasteiger partial charge in [-0.3, -0.25) is 0 Å². The third-order valence-corrected chi connectivity index (χ3v) is 3.91. The van der Waals surface area contributed by atoms with E-state index in [0.29, 0.717) is 6.54 Å². The normalized spacial score (nSPS) is 16.5. The minimum Gasteiger partial charge on any atom is -0.372 e. The lowest BCUT2D eigenvalue weighted by atomic mass is 10.1. The Labute approximate surface area is 106 Å². The number of hydrogen-bond donors (Lipinski definition) is 1. The number of anilines is 1. The van der Waals surface area contributed by atoms with E-state index in [9.17, 15) is 0 Å². The summed E-state index contributed by atoms with van der Waals surface area (Å²) in [6.45, 7) is 3.10. The van der Waals surface area contributed by atoms with Gasteiger partial charge in [0, 0.05) is 23.2 Å². The highest BCUT2D eigenvalue weighted by molar-refractivity contribution is 9.10. The van der Waals surface area contributed by atoms with E-state index in [4.69, 9.17) is 5.73 Å². The summed E-state index contributed by atoms with van der Waals surface area (Å²) in [5.41, 5.74) is 8.23. The van der Waals surface area contributed by atoms with Gasteiger partial charge >= 0.3 is 0 Å². The van der Waals surface area contributed by atoms with Gasteiger partial charge in [-0.05, 0) is 49.9 Å². The predicted molar refractivity (Wildman–Crippen MR) is 73.0 cm³/mol. The quantitative estimate of drug-likeness (QED) is 0.924. The highest BCUT2D eigenvalue weighted by Gasteiger charge is 2.11. The molecule has 2 rings (SSSR count).